The van der Waals surface area contributed by atoms with Crippen molar-refractivity contribution < 1.29 is 13.2 Å². The van der Waals surface area contributed by atoms with Gasteiger partial charge < -0.3 is 0 Å². The third-order valence-corrected chi connectivity index (χ3v) is 2.99. The van der Waals surface area contributed by atoms with Gasteiger partial charge in [0.05, 0.1) is 0 Å². The van der Waals surface area contributed by atoms with Gasteiger partial charge in [-0.05, 0) is 36.5 Å². The maximum atomic E-state index is 12.9. The lowest BCUT2D eigenvalue weighted by atomic mass is 9.97. The van der Waals surface area contributed by atoms with Crippen molar-refractivity contribution >= 4 is 0 Å². The van der Waals surface area contributed by atoms with E-state index in [4.69, 9.17) is 0 Å². The second-order valence-electron chi connectivity index (χ2n) is 4.66. The predicted molar refractivity (Wildman–Crippen MR) is 63.3 cm³/mol. The van der Waals surface area contributed by atoms with Gasteiger partial charge in [0.1, 0.15) is 0 Å². The van der Waals surface area contributed by atoms with E-state index in [2.05, 4.69) is 13.8 Å². The molecule has 17 heavy (non-hydrogen) atoms. The molecule has 0 heterocycles. The van der Waals surface area contributed by atoms with E-state index in [0.29, 0.717) is 17.9 Å². The fourth-order valence-corrected chi connectivity index (χ4v) is 2.04. The van der Waals surface area contributed by atoms with Crippen molar-refractivity contribution in [2.24, 2.45) is 5.92 Å². The molecule has 0 aliphatic carbocycles. The van der Waals surface area contributed by atoms with Crippen molar-refractivity contribution in [1.82, 2.24) is 0 Å². The summed E-state index contributed by atoms with van der Waals surface area (Å²) in [6, 6.07) is 2.17. The van der Waals surface area contributed by atoms with E-state index in [0.717, 1.165) is 31.4 Å². The SMILES string of the molecule is CCCC(C)CCCc1cc(F)c(F)c(F)c1. The summed E-state index contributed by atoms with van der Waals surface area (Å²) in [5.74, 6) is -2.94. The Morgan fingerprint density at radius 3 is 2.18 bits per heavy atom. The molecular formula is C14H19F3. The van der Waals surface area contributed by atoms with Crippen molar-refractivity contribution in [3.05, 3.63) is 35.1 Å². The summed E-state index contributed by atoms with van der Waals surface area (Å²) < 4.78 is 38.6. The van der Waals surface area contributed by atoms with E-state index in [9.17, 15) is 13.2 Å². The molecule has 0 N–H and O–H groups in total. The molecule has 1 unspecified atom stereocenters. The van der Waals surface area contributed by atoms with Crippen LogP contribution < -0.4 is 0 Å². The molecule has 3 heteroatoms. The van der Waals surface area contributed by atoms with Crippen molar-refractivity contribution in [1.29, 1.82) is 0 Å². The Morgan fingerprint density at radius 1 is 1.06 bits per heavy atom. The minimum Gasteiger partial charge on any atom is -0.204 e. The average molecular weight is 244 g/mol. The van der Waals surface area contributed by atoms with Crippen molar-refractivity contribution in [2.45, 2.75) is 46.0 Å². The van der Waals surface area contributed by atoms with Gasteiger partial charge in [-0.1, -0.05) is 33.1 Å². The fourth-order valence-electron chi connectivity index (χ4n) is 2.04. The second kappa shape index (κ2) is 6.67. The minimum absolute atomic E-state index is 0.532. The zero-order valence-corrected chi connectivity index (χ0v) is 10.4. The minimum atomic E-state index is -1.38. The van der Waals surface area contributed by atoms with Gasteiger partial charge in [-0.15, -0.1) is 0 Å². The molecule has 1 aromatic rings. The van der Waals surface area contributed by atoms with Gasteiger partial charge in [0, 0.05) is 0 Å². The first-order chi connectivity index (χ1) is 8.04. The topological polar surface area (TPSA) is 0 Å². The number of rotatable bonds is 6. The monoisotopic (exact) mass is 244 g/mol. The normalized spacial score (nSPS) is 12.8. The molecule has 96 valence electrons. The van der Waals surface area contributed by atoms with E-state index in [1.54, 1.807) is 0 Å². The molecule has 1 atom stereocenters. The Kier molecular flexibility index (Phi) is 5.52. The number of halogens is 3. The number of hydrogen-bond acceptors (Lipinski definition) is 0. The Bertz CT molecular complexity index is 337. The lowest BCUT2D eigenvalue weighted by Gasteiger charge is -2.09. The zero-order valence-electron chi connectivity index (χ0n) is 10.4. The van der Waals surface area contributed by atoms with E-state index in [-0.39, 0.29) is 0 Å². The standard InChI is InChI=1S/C14H19F3/c1-3-5-10(2)6-4-7-11-8-12(15)14(17)13(16)9-11/h8-10H,3-7H2,1-2H3. The van der Waals surface area contributed by atoms with Crippen LogP contribution in [0.1, 0.15) is 45.1 Å². The third-order valence-electron chi connectivity index (χ3n) is 2.99. The molecule has 0 saturated carbocycles. The molecule has 0 aliphatic rings. The van der Waals surface area contributed by atoms with Crippen LogP contribution in [0.3, 0.4) is 0 Å². The Morgan fingerprint density at radius 2 is 1.65 bits per heavy atom. The summed E-state index contributed by atoms with van der Waals surface area (Å²) in [6.07, 6.45) is 4.84. The van der Waals surface area contributed by atoms with Crippen LogP contribution in [0.15, 0.2) is 12.1 Å². The van der Waals surface area contributed by atoms with Gasteiger partial charge in [-0.3, -0.25) is 0 Å². The van der Waals surface area contributed by atoms with E-state index >= 15 is 0 Å². The fraction of sp³-hybridized carbons (Fsp3) is 0.571. The van der Waals surface area contributed by atoms with Crippen LogP contribution in [0.4, 0.5) is 13.2 Å². The summed E-state index contributed by atoms with van der Waals surface area (Å²) in [4.78, 5) is 0. The Labute approximate surface area is 101 Å². The maximum Gasteiger partial charge on any atom is 0.194 e. The first-order valence-corrected chi connectivity index (χ1v) is 6.18. The van der Waals surface area contributed by atoms with Gasteiger partial charge in [-0.2, -0.15) is 0 Å². The van der Waals surface area contributed by atoms with Gasteiger partial charge >= 0.3 is 0 Å². The van der Waals surface area contributed by atoms with Gasteiger partial charge in [-0.25, -0.2) is 13.2 Å². The molecule has 0 spiro atoms. The number of hydrogen-bond donors (Lipinski definition) is 0. The maximum absolute atomic E-state index is 12.9. The van der Waals surface area contributed by atoms with Crippen LogP contribution in [0.5, 0.6) is 0 Å². The summed E-state index contributed by atoms with van der Waals surface area (Å²) in [7, 11) is 0. The first-order valence-electron chi connectivity index (χ1n) is 6.18. The van der Waals surface area contributed by atoms with Gasteiger partial charge in [0.25, 0.3) is 0 Å². The van der Waals surface area contributed by atoms with Crippen molar-refractivity contribution in [3.8, 4) is 0 Å². The molecule has 0 nitrogen and oxygen atoms in total. The quantitative estimate of drug-likeness (QED) is 0.627. The van der Waals surface area contributed by atoms with Crippen molar-refractivity contribution in [3.63, 3.8) is 0 Å². The highest BCUT2D eigenvalue weighted by Gasteiger charge is 2.10. The molecular weight excluding hydrogens is 225 g/mol. The average Bonchev–Trinajstić information content (AvgIpc) is 2.26. The molecule has 0 aromatic heterocycles. The number of benzene rings is 1. The largest absolute Gasteiger partial charge is 0.204 e. The van der Waals surface area contributed by atoms with E-state index in [1.165, 1.54) is 6.42 Å². The summed E-state index contributed by atoms with van der Waals surface area (Å²) >= 11 is 0. The summed E-state index contributed by atoms with van der Waals surface area (Å²) in [5, 5.41) is 0. The lowest BCUT2D eigenvalue weighted by molar-refractivity contribution is 0.442. The molecule has 0 amide bonds. The second-order valence-corrected chi connectivity index (χ2v) is 4.66. The van der Waals surface area contributed by atoms with Crippen LogP contribution in [0.25, 0.3) is 0 Å². The summed E-state index contributed by atoms with van der Waals surface area (Å²) in [5.41, 5.74) is 0.532. The van der Waals surface area contributed by atoms with Crippen molar-refractivity contribution in [2.75, 3.05) is 0 Å². The van der Waals surface area contributed by atoms with Crippen LogP contribution in [0, 0.1) is 23.4 Å². The molecule has 0 bridgehead atoms. The van der Waals surface area contributed by atoms with Gasteiger partial charge in [0.15, 0.2) is 17.5 Å². The summed E-state index contributed by atoms with van der Waals surface area (Å²) in [6.45, 7) is 4.32. The van der Waals surface area contributed by atoms with E-state index in [1.807, 2.05) is 0 Å². The Hall–Kier alpha value is -0.990. The molecule has 0 saturated heterocycles. The molecule has 1 aromatic carbocycles. The molecule has 0 radical (unpaired) electrons. The highest BCUT2D eigenvalue weighted by atomic mass is 19.2. The van der Waals surface area contributed by atoms with Crippen LogP contribution in [0.2, 0.25) is 0 Å². The van der Waals surface area contributed by atoms with E-state index < -0.39 is 17.5 Å². The predicted octanol–water partition coefficient (Wildman–Crippen LogP) is 4.86. The zero-order chi connectivity index (χ0) is 12.8. The van der Waals surface area contributed by atoms with Gasteiger partial charge in [0.2, 0.25) is 0 Å². The third kappa shape index (κ3) is 4.41. The first kappa shape index (κ1) is 14.1. The van der Waals surface area contributed by atoms with Crippen LogP contribution >= 0.6 is 0 Å². The smallest absolute Gasteiger partial charge is 0.194 e. The highest BCUT2D eigenvalue weighted by Crippen LogP contribution is 2.18. The molecule has 1 rings (SSSR count). The highest BCUT2D eigenvalue weighted by molar-refractivity contribution is 5.19. The van der Waals surface area contributed by atoms with Crippen LogP contribution in [-0.2, 0) is 6.42 Å². The molecule has 0 fully saturated rings. The lowest BCUT2D eigenvalue weighted by Crippen LogP contribution is -1.98. The number of aryl methyl sites for hydroxylation is 1. The molecule has 0 aliphatic heterocycles. The van der Waals surface area contributed by atoms with Crippen LogP contribution in [-0.4, -0.2) is 0 Å². The Balaban J connectivity index is 2.47.